The second-order valence-corrected chi connectivity index (χ2v) is 12.4. The van der Waals surface area contributed by atoms with Crippen molar-refractivity contribution in [3.8, 4) is 0 Å². The molecule has 0 bridgehead atoms. The van der Waals surface area contributed by atoms with Crippen molar-refractivity contribution >= 4 is 20.0 Å². The lowest BCUT2D eigenvalue weighted by Gasteiger charge is -2.16. The molecule has 1 aromatic carbocycles. The predicted octanol–water partition coefficient (Wildman–Crippen LogP) is 2.72. The van der Waals surface area contributed by atoms with Crippen molar-refractivity contribution in [1.29, 1.82) is 0 Å². The summed E-state index contributed by atoms with van der Waals surface area (Å²) in [6.45, 7) is 7.27. The van der Waals surface area contributed by atoms with E-state index in [0.29, 0.717) is 6.61 Å². The van der Waals surface area contributed by atoms with E-state index in [1.807, 2.05) is 30.3 Å². The number of hydrogen-bond acceptors (Lipinski definition) is 5. The zero-order chi connectivity index (χ0) is 17.3. The third-order valence-corrected chi connectivity index (χ3v) is 5.01. The van der Waals surface area contributed by atoms with Crippen molar-refractivity contribution < 1.29 is 19.1 Å². The minimum Gasteiger partial charge on any atom is -0.465 e. The van der Waals surface area contributed by atoms with Gasteiger partial charge in [0.15, 0.2) is 0 Å². The number of carbonyl (C=O) groups is 2. The SMILES string of the molecule is C[Si](C)(C)CCOC(=O)[C@H](N)CCC(=O)OCc1ccccc1. The Hall–Kier alpha value is -1.66. The second-order valence-electron chi connectivity index (χ2n) is 6.77. The van der Waals surface area contributed by atoms with Gasteiger partial charge in [-0.3, -0.25) is 9.59 Å². The van der Waals surface area contributed by atoms with E-state index < -0.39 is 20.1 Å². The minimum atomic E-state index is -1.23. The van der Waals surface area contributed by atoms with Crippen LogP contribution in [0.3, 0.4) is 0 Å². The van der Waals surface area contributed by atoms with Crippen LogP contribution in [-0.4, -0.2) is 32.7 Å². The van der Waals surface area contributed by atoms with Crippen molar-refractivity contribution in [2.24, 2.45) is 5.73 Å². The van der Waals surface area contributed by atoms with Gasteiger partial charge in [-0.2, -0.15) is 0 Å². The molecule has 23 heavy (non-hydrogen) atoms. The van der Waals surface area contributed by atoms with Gasteiger partial charge >= 0.3 is 11.9 Å². The highest BCUT2D eigenvalue weighted by Crippen LogP contribution is 2.09. The molecule has 0 spiro atoms. The summed E-state index contributed by atoms with van der Waals surface area (Å²) in [5.41, 5.74) is 6.68. The zero-order valence-electron chi connectivity index (χ0n) is 14.2. The second kappa shape index (κ2) is 9.47. The summed E-state index contributed by atoms with van der Waals surface area (Å²) in [6, 6.07) is 9.57. The average Bonchev–Trinajstić information content (AvgIpc) is 2.50. The fourth-order valence-electron chi connectivity index (χ4n) is 1.77. The number of ether oxygens (including phenoxy) is 2. The van der Waals surface area contributed by atoms with E-state index in [1.54, 1.807) is 0 Å². The molecule has 1 rings (SSSR count). The van der Waals surface area contributed by atoms with E-state index in [-0.39, 0.29) is 25.4 Å². The van der Waals surface area contributed by atoms with Crippen molar-refractivity contribution in [2.45, 2.75) is 51.2 Å². The number of rotatable bonds is 9. The smallest absolute Gasteiger partial charge is 0.322 e. The van der Waals surface area contributed by atoms with Crippen molar-refractivity contribution in [3.05, 3.63) is 35.9 Å². The first-order valence-electron chi connectivity index (χ1n) is 7.90. The van der Waals surface area contributed by atoms with E-state index in [1.165, 1.54) is 0 Å². The molecule has 0 heterocycles. The Morgan fingerprint density at radius 3 is 2.39 bits per heavy atom. The maximum atomic E-state index is 11.7. The zero-order valence-corrected chi connectivity index (χ0v) is 15.2. The van der Waals surface area contributed by atoms with Gasteiger partial charge in [-0.25, -0.2) is 0 Å². The first kappa shape index (κ1) is 19.4. The van der Waals surface area contributed by atoms with Gasteiger partial charge in [-0.15, -0.1) is 0 Å². The molecule has 0 aromatic heterocycles. The van der Waals surface area contributed by atoms with E-state index in [0.717, 1.165) is 11.6 Å². The lowest BCUT2D eigenvalue weighted by molar-refractivity contribution is -0.147. The summed E-state index contributed by atoms with van der Waals surface area (Å²) in [7, 11) is -1.23. The number of esters is 2. The molecule has 2 N–H and O–H groups in total. The molecular formula is C17H27NO4Si. The lowest BCUT2D eigenvalue weighted by Crippen LogP contribution is -2.34. The fraction of sp³-hybridized carbons (Fsp3) is 0.529. The van der Waals surface area contributed by atoms with Crippen molar-refractivity contribution in [3.63, 3.8) is 0 Å². The Balaban J connectivity index is 2.20. The van der Waals surface area contributed by atoms with Crippen LogP contribution in [0.25, 0.3) is 0 Å². The first-order chi connectivity index (χ1) is 10.8. The molecule has 0 amide bonds. The number of hydrogen-bond donors (Lipinski definition) is 1. The van der Waals surface area contributed by atoms with Gasteiger partial charge in [0.25, 0.3) is 0 Å². The molecule has 6 heteroatoms. The monoisotopic (exact) mass is 337 g/mol. The molecule has 0 saturated heterocycles. The minimum absolute atomic E-state index is 0.108. The van der Waals surface area contributed by atoms with Gasteiger partial charge in [0, 0.05) is 14.5 Å². The maximum absolute atomic E-state index is 11.7. The summed E-state index contributed by atoms with van der Waals surface area (Å²) in [5.74, 6) is -0.807. The summed E-state index contributed by atoms with van der Waals surface area (Å²) >= 11 is 0. The van der Waals surface area contributed by atoms with Crippen LogP contribution in [-0.2, 0) is 25.7 Å². The summed E-state index contributed by atoms with van der Waals surface area (Å²) in [4.78, 5) is 23.4. The molecule has 0 aliphatic rings. The number of carbonyl (C=O) groups excluding carboxylic acids is 2. The van der Waals surface area contributed by atoms with Crippen LogP contribution in [0.5, 0.6) is 0 Å². The van der Waals surface area contributed by atoms with E-state index in [2.05, 4.69) is 19.6 Å². The van der Waals surface area contributed by atoms with Crippen LogP contribution in [0.4, 0.5) is 0 Å². The molecule has 0 aliphatic heterocycles. The van der Waals surface area contributed by atoms with Crippen LogP contribution in [0.15, 0.2) is 30.3 Å². The molecule has 1 aromatic rings. The molecule has 5 nitrogen and oxygen atoms in total. The van der Waals surface area contributed by atoms with Crippen molar-refractivity contribution in [1.82, 2.24) is 0 Å². The van der Waals surface area contributed by atoms with Gasteiger partial charge in [0.2, 0.25) is 0 Å². The molecule has 0 fully saturated rings. The predicted molar refractivity (Wildman–Crippen MR) is 92.6 cm³/mol. The highest BCUT2D eigenvalue weighted by atomic mass is 28.3. The molecule has 0 unspecified atom stereocenters. The van der Waals surface area contributed by atoms with Crippen LogP contribution in [0, 0.1) is 0 Å². The largest absolute Gasteiger partial charge is 0.465 e. The average molecular weight is 337 g/mol. The van der Waals surface area contributed by atoms with E-state index >= 15 is 0 Å². The standard InChI is InChI=1S/C17H27NO4Si/c1-23(2,3)12-11-21-17(20)15(18)9-10-16(19)22-13-14-7-5-4-6-8-14/h4-8,15H,9-13,18H2,1-3H3/t15-/m1/s1. The molecule has 0 aliphatic carbocycles. The topological polar surface area (TPSA) is 78.6 Å². The molecule has 1 atom stereocenters. The number of nitrogens with two attached hydrogens (primary N) is 1. The number of benzene rings is 1. The summed E-state index contributed by atoms with van der Waals surface area (Å²) in [5, 5.41) is 0. The molecule has 128 valence electrons. The highest BCUT2D eigenvalue weighted by molar-refractivity contribution is 6.76. The third kappa shape index (κ3) is 9.15. The lowest BCUT2D eigenvalue weighted by atomic mass is 10.2. The van der Waals surface area contributed by atoms with E-state index in [9.17, 15) is 9.59 Å². The van der Waals surface area contributed by atoms with Gasteiger partial charge < -0.3 is 15.2 Å². The van der Waals surface area contributed by atoms with Gasteiger partial charge in [-0.1, -0.05) is 50.0 Å². The van der Waals surface area contributed by atoms with Crippen LogP contribution in [0.2, 0.25) is 25.7 Å². The van der Waals surface area contributed by atoms with Gasteiger partial charge in [0.1, 0.15) is 12.6 Å². The quantitative estimate of drug-likeness (QED) is 0.554. The van der Waals surface area contributed by atoms with Gasteiger partial charge in [0.05, 0.1) is 6.61 Å². The third-order valence-electron chi connectivity index (χ3n) is 3.30. The fourth-order valence-corrected chi connectivity index (χ4v) is 2.48. The van der Waals surface area contributed by atoms with Gasteiger partial charge in [-0.05, 0) is 18.0 Å². The van der Waals surface area contributed by atoms with E-state index in [4.69, 9.17) is 15.2 Å². The Morgan fingerprint density at radius 2 is 1.78 bits per heavy atom. The van der Waals surface area contributed by atoms with Crippen LogP contribution in [0.1, 0.15) is 18.4 Å². The van der Waals surface area contributed by atoms with Crippen LogP contribution < -0.4 is 5.73 Å². The Bertz CT molecular complexity index is 499. The molecule has 0 radical (unpaired) electrons. The first-order valence-corrected chi connectivity index (χ1v) is 11.6. The molecular weight excluding hydrogens is 310 g/mol. The van der Waals surface area contributed by atoms with Crippen LogP contribution >= 0.6 is 0 Å². The summed E-state index contributed by atoms with van der Waals surface area (Å²) in [6.07, 6.45) is 0.344. The Labute approximate surface area is 139 Å². The highest BCUT2D eigenvalue weighted by Gasteiger charge is 2.19. The normalized spacial score (nSPS) is 12.5. The van der Waals surface area contributed by atoms with Crippen molar-refractivity contribution in [2.75, 3.05) is 6.61 Å². The maximum Gasteiger partial charge on any atom is 0.322 e. The summed E-state index contributed by atoms with van der Waals surface area (Å²) < 4.78 is 10.3. The Morgan fingerprint density at radius 1 is 1.13 bits per heavy atom. The molecule has 0 saturated carbocycles. The Kier molecular flexibility index (Phi) is 7.98.